The van der Waals surface area contributed by atoms with Crippen molar-refractivity contribution < 1.29 is 14.7 Å². The number of likely N-dealkylation sites (tertiary alicyclic amines) is 1. The van der Waals surface area contributed by atoms with Gasteiger partial charge in [0.05, 0.1) is 13.1 Å². The number of carbonyl (C=O) groups excluding carboxylic acids is 1. The lowest BCUT2D eigenvalue weighted by Gasteiger charge is -2.35. The quantitative estimate of drug-likeness (QED) is 0.672. The fourth-order valence-corrected chi connectivity index (χ4v) is 2.03. The Bertz CT molecular complexity index is 335. The summed E-state index contributed by atoms with van der Waals surface area (Å²) in [7, 11) is 0. The Hall–Kier alpha value is -1.54. The summed E-state index contributed by atoms with van der Waals surface area (Å²) in [6.07, 6.45) is 6.55. The number of terminal acetylenes is 1. The minimum Gasteiger partial charge on any atom is -0.480 e. The van der Waals surface area contributed by atoms with E-state index in [2.05, 4.69) is 11.2 Å². The summed E-state index contributed by atoms with van der Waals surface area (Å²) in [5.41, 5.74) is 0. The first kappa shape index (κ1) is 13.5. The third-order valence-electron chi connectivity index (χ3n) is 2.99. The lowest BCUT2D eigenvalue weighted by molar-refractivity contribution is -0.146. The molecule has 1 heterocycles. The summed E-state index contributed by atoms with van der Waals surface area (Å²) in [5, 5.41) is 11.7. The maximum Gasteiger partial charge on any atom is 0.320 e. The van der Waals surface area contributed by atoms with Gasteiger partial charge >= 0.3 is 5.97 Å². The lowest BCUT2D eigenvalue weighted by Crippen LogP contribution is -2.50. The van der Waals surface area contributed by atoms with Crippen LogP contribution in [0.2, 0.25) is 0 Å². The lowest BCUT2D eigenvalue weighted by atomic mass is 9.92. The van der Waals surface area contributed by atoms with Crippen molar-refractivity contribution in [1.29, 1.82) is 0 Å². The van der Waals surface area contributed by atoms with Gasteiger partial charge in [-0.2, -0.15) is 0 Å². The maximum atomic E-state index is 11.5. The van der Waals surface area contributed by atoms with Crippen molar-refractivity contribution in [1.82, 2.24) is 10.2 Å². The zero-order valence-electron chi connectivity index (χ0n) is 9.98. The number of hydrogen-bond donors (Lipinski definition) is 2. The van der Waals surface area contributed by atoms with Crippen molar-refractivity contribution in [3.8, 4) is 12.3 Å². The highest BCUT2D eigenvalue weighted by molar-refractivity contribution is 5.80. The predicted molar refractivity (Wildman–Crippen MR) is 63.2 cm³/mol. The molecule has 0 bridgehead atoms. The molecular weight excluding hydrogens is 220 g/mol. The van der Waals surface area contributed by atoms with E-state index in [0.717, 1.165) is 6.42 Å². The molecule has 1 rings (SSSR count). The molecule has 1 amide bonds. The number of nitrogens with one attached hydrogen (secondary N) is 1. The van der Waals surface area contributed by atoms with Gasteiger partial charge in [-0.15, -0.1) is 6.42 Å². The fraction of sp³-hybridized carbons (Fsp3) is 0.667. The topological polar surface area (TPSA) is 69.6 Å². The molecule has 0 spiro atoms. The molecule has 1 aliphatic rings. The second-order valence-electron chi connectivity index (χ2n) is 4.43. The number of rotatable bonds is 4. The van der Waals surface area contributed by atoms with Crippen LogP contribution in [-0.2, 0) is 9.59 Å². The van der Waals surface area contributed by atoms with E-state index >= 15 is 0 Å². The first-order chi connectivity index (χ1) is 8.04. The average Bonchev–Trinajstić information content (AvgIpc) is 2.28. The molecular formula is C12H18N2O3. The Labute approximate surface area is 101 Å². The average molecular weight is 238 g/mol. The number of piperidine rings is 1. The number of hydrogen-bond acceptors (Lipinski definition) is 3. The smallest absolute Gasteiger partial charge is 0.320 e. The first-order valence-electron chi connectivity index (χ1n) is 5.71. The molecule has 94 valence electrons. The van der Waals surface area contributed by atoms with E-state index in [1.165, 1.54) is 0 Å². The van der Waals surface area contributed by atoms with E-state index < -0.39 is 12.0 Å². The fourth-order valence-electron chi connectivity index (χ4n) is 2.03. The number of amides is 1. The predicted octanol–water partition coefficient (Wildman–Crippen LogP) is -0.0791. The Morgan fingerprint density at radius 3 is 2.88 bits per heavy atom. The van der Waals surface area contributed by atoms with Crippen molar-refractivity contribution in [3.63, 3.8) is 0 Å². The second kappa shape index (κ2) is 6.26. The Balaban J connectivity index is 2.53. The molecule has 0 aliphatic carbocycles. The summed E-state index contributed by atoms with van der Waals surface area (Å²) in [5.74, 6) is 1.62. The van der Waals surface area contributed by atoms with Crippen molar-refractivity contribution in [2.24, 2.45) is 5.92 Å². The summed E-state index contributed by atoms with van der Waals surface area (Å²) in [6, 6.07) is -0.560. The number of aliphatic carboxylic acids is 1. The summed E-state index contributed by atoms with van der Waals surface area (Å²) in [6.45, 7) is 2.96. The number of carbonyl (C=O) groups is 2. The van der Waals surface area contributed by atoms with Gasteiger partial charge in [-0.05, 0) is 25.3 Å². The van der Waals surface area contributed by atoms with Gasteiger partial charge in [-0.25, -0.2) is 0 Å². The van der Waals surface area contributed by atoms with Crippen LogP contribution in [0.15, 0.2) is 0 Å². The van der Waals surface area contributed by atoms with Crippen LogP contribution in [-0.4, -0.2) is 47.6 Å². The second-order valence-corrected chi connectivity index (χ2v) is 4.43. The van der Waals surface area contributed by atoms with Crippen molar-refractivity contribution in [3.05, 3.63) is 0 Å². The van der Waals surface area contributed by atoms with Crippen LogP contribution in [0.5, 0.6) is 0 Å². The molecule has 5 nitrogen and oxygen atoms in total. The van der Waals surface area contributed by atoms with E-state index in [1.54, 1.807) is 4.90 Å². The van der Waals surface area contributed by atoms with E-state index in [4.69, 9.17) is 11.5 Å². The molecule has 0 aromatic rings. The number of nitrogens with zero attached hydrogens (tertiary/aromatic N) is 1. The highest BCUT2D eigenvalue weighted by Crippen LogP contribution is 2.22. The monoisotopic (exact) mass is 238 g/mol. The van der Waals surface area contributed by atoms with E-state index in [1.807, 2.05) is 6.92 Å². The zero-order valence-corrected chi connectivity index (χ0v) is 9.98. The third kappa shape index (κ3) is 4.08. The Morgan fingerprint density at radius 1 is 1.59 bits per heavy atom. The normalized spacial score (nSPS) is 24.9. The molecule has 17 heavy (non-hydrogen) atoms. The van der Waals surface area contributed by atoms with Crippen molar-refractivity contribution in [2.75, 3.05) is 19.6 Å². The zero-order chi connectivity index (χ0) is 12.8. The molecule has 5 heteroatoms. The molecule has 2 atom stereocenters. The molecule has 1 fully saturated rings. The number of carboxylic acid groups (broad SMARTS) is 1. The van der Waals surface area contributed by atoms with E-state index in [-0.39, 0.29) is 19.0 Å². The van der Waals surface area contributed by atoms with Gasteiger partial charge in [0.1, 0.15) is 6.04 Å². The van der Waals surface area contributed by atoms with Crippen LogP contribution >= 0.6 is 0 Å². The highest BCUT2D eigenvalue weighted by Gasteiger charge is 2.32. The summed E-state index contributed by atoms with van der Waals surface area (Å²) >= 11 is 0. The summed E-state index contributed by atoms with van der Waals surface area (Å²) < 4.78 is 0. The highest BCUT2D eigenvalue weighted by atomic mass is 16.4. The van der Waals surface area contributed by atoms with Gasteiger partial charge < -0.3 is 10.4 Å². The van der Waals surface area contributed by atoms with Crippen LogP contribution in [0.1, 0.15) is 19.8 Å². The van der Waals surface area contributed by atoms with E-state index in [9.17, 15) is 9.59 Å². The molecule has 2 unspecified atom stereocenters. The molecule has 0 aromatic heterocycles. The Morgan fingerprint density at radius 2 is 2.29 bits per heavy atom. The van der Waals surface area contributed by atoms with Gasteiger partial charge in [0.25, 0.3) is 0 Å². The molecule has 0 saturated carbocycles. The van der Waals surface area contributed by atoms with Gasteiger partial charge in [0, 0.05) is 0 Å². The molecule has 1 saturated heterocycles. The SMILES string of the molecule is C#CCNC(=O)CN1CCC(C)CC1C(=O)O. The standard InChI is InChI=1S/C12H18N2O3/c1-3-5-13-11(15)8-14-6-4-9(2)7-10(14)12(16)17/h1,9-10H,4-8H2,2H3,(H,13,15)(H,16,17). The van der Waals surface area contributed by atoms with Crippen molar-refractivity contribution >= 4 is 11.9 Å². The third-order valence-corrected chi connectivity index (χ3v) is 2.99. The van der Waals surface area contributed by atoms with Crippen LogP contribution in [0.25, 0.3) is 0 Å². The minimum absolute atomic E-state index is 0.103. The van der Waals surface area contributed by atoms with Gasteiger partial charge in [-0.3, -0.25) is 14.5 Å². The van der Waals surface area contributed by atoms with Crippen LogP contribution in [0.3, 0.4) is 0 Å². The van der Waals surface area contributed by atoms with Crippen LogP contribution < -0.4 is 5.32 Å². The largest absolute Gasteiger partial charge is 0.480 e. The molecule has 0 aromatic carbocycles. The minimum atomic E-state index is -0.860. The molecule has 1 aliphatic heterocycles. The van der Waals surface area contributed by atoms with Crippen LogP contribution in [0, 0.1) is 18.3 Å². The van der Waals surface area contributed by atoms with Gasteiger partial charge in [0.2, 0.25) is 5.91 Å². The van der Waals surface area contributed by atoms with Crippen molar-refractivity contribution in [2.45, 2.75) is 25.8 Å². The van der Waals surface area contributed by atoms with E-state index in [0.29, 0.717) is 18.9 Å². The van der Waals surface area contributed by atoms with Crippen LogP contribution in [0.4, 0.5) is 0 Å². The molecule has 0 radical (unpaired) electrons. The summed E-state index contributed by atoms with van der Waals surface area (Å²) in [4.78, 5) is 24.3. The van der Waals surface area contributed by atoms with Gasteiger partial charge in [0.15, 0.2) is 0 Å². The first-order valence-corrected chi connectivity index (χ1v) is 5.71. The Kier molecular flexibility index (Phi) is 4.98. The number of carboxylic acids is 1. The maximum absolute atomic E-state index is 11.5. The van der Waals surface area contributed by atoms with Gasteiger partial charge in [-0.1, -0.05) is 12.8 Å². The molecule has 2 N–H and O–H groups in total.